The first-order chi connectivity index (χ1) is 10.7. The molecule has 0 spiro atoms. The fourth-order valence-electron chi connectivity index (χ4n) is 2.23. The highest BCUT2D eigenvalue weighted by atomic mass is 16.3. The lowest BCUT2D eigenvalue weighted by molar-refractivity contribution is 0.0935. The van der Waals surface area contributed by atoms with Crippen molar-refractivity contribution in [2.24, 2.45) is 0 Å². The number of hydrogen-bond donors (Lipinski definition) is 1. The number of rotatable bonds is 5. The van der Waals surface area contributed by atoms with E-state index in [4.69, 9.17) is 4.42 Å². The Kier molecular flexibility index (Phi) is 4.05. The van der Waals surface area contributed by atoms with Crippen LogP contribution in [0, 0.1) is 0 Å². The van der Waals surface area contributed by atoms with Crippen molar-refractivity contribution in [3.63, 3.8) is 0 Å². The second kappa shape index (κ2) is 6.30. The number of nitrogens with zero attached hydrogens (tertiary/aromatic N) is 2. The van der Waals surface area contributed by atoms with E-state index >= 15 is 0 Å². The number of furan rings is 1. The van der Waals surface area contributed by atoms with E-state index in [1.54, 1.807) is 12.5 Å². The molecule has 2 heterocycles. The molecule has 3 rings (SSSR count). The molecule has 1 amide bonds. The minimum Gasteiger partial charge on any atom is -0.467 e. The van der Waals surface area contributed by atoms with Crippen molar-refractivity contribution in [3.8, 4) is 0 Å². The van der Waals surface area contributed by atoms with Crippen LogP contribution in [-0.4, -0.2) is 15.7 Å². The van der Waals surface area contributed by atoms with Gasteiger partial charge in [-0.15, -0.1) is 0 Å². The van der Waals surface area contributed by atoms with Gasteiger partial charge in [0.2, 0.25) is 0 Å². The fraction of sp³-hybridized carbons (Fsp3) is 0.176. The number of carbonyl (C=O) groups is 1. The Morgan fingerprint density at radius 2 is 2.09 bits per heavy atom. The molecule has 0 aliphatic rings. The monoisotopic (exact) mass is 295 g/mol. The lowest BCUT2D eigenvalue weighted by Crippen LogP contribution is -2.26. The van der Waals surface area contributed by atoms with Gasteiger partial charge in [-0.3, -0.25) is 9.48 Å². The molecule has 0 saturated carbocycles. The summed E-state index contributed by atoms with van der Waals surface area (Å²) in [7, 11) is 0. The van der Waals surface area contributed by atoms with E-state index in [9.17, 15) is 4.79 Å². The normalized spacial score (nSPS) is 12.0. The smallest absolute Gasteiger partial charge is 0.251 e. The second-order valence-corrected chi connectivity index (χ2v) is 5.11. The lowest BCUT2D eigenvalue weighted by atomic mass is 10.1. The SMILES string of the molecule is C[C@H](NC(=O)c1ccc(Cn2cccn2)cc1)c1ccco1. The molecular weight excluding hydrogens is 278 g/mol. The topological polar surface area (TPSA) is 60.1 Å². The van der Waals surface area contributed by atoms with Gasteiger partial charge < -0.3 is 9.73 Å². The van der Waals surface area contributed by atoms with Gasteiger partial charge in [0.25, 0.3) is 5.91 Å². The Labute approximate surface area is 128 Å². The van der Waals surface area contributed by atoms with Gasteiger partial charge in [0.05, 0.1) is 18.8 Å². The molecule has 5 heteroatoms. The lowest BCUT2D eigenvalue weighted by Gasteiger charge is -2.11. The molecule has 112 valence electrons. The zero-order chi connectivity index (χ0) is 15.4. The third-order valence-corrected chi connectivity index (χ3v) is 3.44. The maximum atomic E-state index is 12.2. The Bertz CT molecular complexity index is 716. The molecule has 1 atom stereocenters. The highest BCUT2D eigenvalue weighted by Crippen LogP contribution is 2.13. The summed E-state index contributed by atoms with van der Waals surface area (Å²) in [6.07, 6.45) is 5.26. The first kappa shape index (κ1) is 14.1. The number of nitrogens with one attached hydrogen (secondary N) is 1. The van der Waals surface area contributed by atoms with Crippen LogP contribution in [0.15, 0.2) is 65.5 Å². The Morgan fingerprint density at radius 3 is 2.73 bits per heavy atom. The van der Waals surface area contributed by atoms with Gasteiger partial charge in [0.15, 0.2) is 0 Å². The van der Waals surface area contributed by atoms with E-state index in [1.807, 2.05) is 60.3 Å². The summed E-state index contributed by atoms with van der Waals surface area (Å²) in [6, 6.07) is 12.9. The summed E-state index contributed by atoms with van der Waals surface area (Å²) in [5.41, 5.74) is 1.72. The molecular formula is C17H17N3O2. The van der Waals surface area contributed by atoms with Crippen LogP contribution in [0.1, 0.15) is 34.6 Å². The molecule has 5 nitrogen and oxygen atoms in total. The summed E-state index contributed by atoms with van der Waals surface area (Å²) in [5.74, 6) is 0.623. The molecule has 22 heavy (non-hydrogen) atoms. The van der Waals surface area contributed by atoms with Crippen LogP contribution in [0.5, 0.6) is 0 Å². The summed E-state index contributed by atoms with van der Waals surface area (Å²) in [5, 5.41) is 7.08. The molecule has 0 aliphatic carbocycles. The summed E-state index contributed by atoms with van der Waals surface area (Å²) in [4.78, 5) is 12.2. The molecule has 0 fully saturated rings. The number of carbonyl (C=O) groups excluding carboxylic acids is 1. The molecule has 2 aromatic heterocycles. The number of benzene rings is 1. The molecule has 0 unspecified atom stereocenters. The van der Waals surface area contributed by atoms with Crippen molar-refractivity contribution in [1.82, 2.24) is 15.1 Å². The highest BCUT2D eigenvalue weighted by molar-refractivity contribution is 5.94. The maximum absolute atomic E-state index is 12.2. The van der Waals surface area contributed by atoms with Gasteiger partial charge in [-0.1, -0.05) is 12.1 Å². The summed E-state index contributed by atoms with van der Waals surface area (Å²) < 4.78 is 7.13. The number of hydrogen-bond acceptors (Lipinski definition) is 3. The van der Waals surface area contributed by atoms with Gasteiger partial charge in [0.1, 0.15) is 5.76 Å². The van der Waals surface area contributed by atoms with Crippen LogP contribution in [0.25, 0.3) is 0 Å². The standard InChI is InChI=1S/C17H17N3O2/c1-13(16-4-2-11-22-16)19-17(21)15-7-5-14(6-8-15)12-20-10-3-9-18-20/h2-11,13H,12H2,1H3,(H,19,21)/t13-/m0/s1. The van der Waals surface area contributed by atoms with E-state index in [-0.39, 0.29) is 11.9 Å². The first-order valence-electron chi connectivity index (χ1n) is 7.13. The van der Waals surface area contributed by atoms with Crippen molar-refractivity contribution in [2.75, 3.05) is 0 Å². The van der Waals surface area contributed by atoms with E-state index in [1.165, 1.54) is 0 Å². The molecule has 0 radical (unpaired) electrons. The number of aromatic nitrogens is 2. The third-order valence-electron chi connectivity index (χ3n) is 3.44. The van der Waals surface area contributed by atoms with E-state index in [0.717, 1.165) is 11.3 Å². The average molecular weight is 295 g/mol. The van der Waals surface area contributed by atoms with Crippen molar-refractivity contribution in [3.05, 3.63) is 78.0 Å². The molecule has 0 saturated heterocycles. The quantitative estimate of drug-likeness (QED) is 0.787. The van der Waals surface area contributed by atoms with Gasteiger partial charge in [-0.25, -0.2) is 0 Å². The van der Waals surface area contributed by atoms with Gasteiger partial charge >= 0.3 is 0 Å². The molecule has 1 N–H and O–H groups in total. The molecule has 3 aromatic rings. The van der Waals surface area contributed by atoms with Crippen LogP contribution in [0.3, 0.4) is 0 Å². The molecule has 0 aliphatic heterocycles. The Morgan fingerprint density at radius 1 is 1.27 bits per heavy atom. The van der Waals surface area contributed by atoms with Gasteiger partial charge in [0, 0.05) is 18.0 Å². The molecule has 1 aromatic carbocycles. The predicted octanol–water partition coefficient (Wildman–Crippen LogP) is 3.02. The third kappa shape index (κ3) is 3.25. The van der Waals surface area contributed by atoms with E-state index in [2.05, 4.69) is 10.4 Å². The zero-order valence-electron chi connectivity index (χ0n) is 12.3. The fourth-order valence-corrected chi connectivity index (χ4v) is 2.23. The zero-order valence-corrected chi connectivity index (χ0v) is 12.3. The van der Waals surface area contributed by atoms with Crippen LogP contribution >= 0.6 is 0 Å². The van der Waals surface area contributed by atoms with Crippen molar-refractivity contribution in [2.45, 2.75) is 19.5 Å². The summed E-state index contributed by atoms with van der Waals surface area (Å²) >= 11 is 0. The van der Waals surface area contributed by atoms with E-state index < -0.39 is 0 Å². The minimum absolute atomic E-state index is 0.116. The maximum Gasteiger partial charge on any atom is 0.251 e. The van der Waals surface area contributed by atoms with Crippen LogP contribution in [-0.2, 0) is 6.54 Å². The van der Waals surface area contributed by atoms with Crippen molar-refractivity contribution >= 4 is 5.91 Å². The summed E-state index contributed by atoms with van der Waals surface area (Å²) in [6.45, 7) is 2.58. The highest BCUT2D eigenvalue weighted by Gasteiger charge is 2.13. The Balaban J connectivity index is 1.63. The largest absolute Gasteiger partial charge is 0.467 e. The van der Waals surface area contributed by atoms with Crippen molar-refractivity contribution in [1.29, 1.82) is 0 Å². The van der Waals surface area contributed by atoms with Crippen LogP contribution in [0.2, 0.25) is 0 Å². The average Bonchev–Trinajstić information content (AvgIpc) is 3.21. The number of amides is 1. The van der Waals surface area contributed by atoms with Crippen LogP contribution < -0.4 is 5.32 Å². The second-order valence-electron chi connectivity index (χ2n) is 5.11. The Hall–Kier alpha value is -2.82. The van der Waals surface area contributed by atoms with Crippen molar-refractivity contribution < 1.29 is 9.21 Å². The minimum atomic E-state index is -0.161. The molecule has 0 bridgehead atoms. The van der Waals surface area contributed by atoms with E-state index in [0.29, 0.717) is 12.1 Å². The predicted molar refractivity (Wildman–Crippen MR) is 82.4 cm³/mol. The first-order valence-corrected chi connectivity index (χ1v) is 7.13. The van der Waals surface area contributed by atoms with Crippen LogP contribution in [0.4, 0.5) is 0 Å². The van der Waals surface area contributed by atoms with Gasteiger partial charge in [-0.2, -0.15) is 5.10 Å². The van der Waals surface area contributed by atoms with Gasteiger partial charge in [-0.05, 0) is 42.8 Å².